The molecule has 0 saturated heterocycles. The third kappa shape index (κ3) is 3.63. The molecular weight excluding hydrogens is 368 g/mol. The molecule has 0 saturated carbocycles. The minimum absolute atomic E-state index is 0.279. The van der Waals surface area contributed by atoms with Gasteiger partial charge in [-0.25, -0.2) is 14.8 Å². The van der Waals surface area contributed by atoms with Gasteiger partial charge in [0.05, 0.1) is 24.6 Å². The van der Waals surface area contributed by atoms with Crippen LogP contribution in [0.3, 0.4) is 0 Å². The first-order valence-electron chi connectivity index (χ1n) is 8.52. The van der Waals surface area contributed by atoms with Crippen LogP contribution in [0.2, 0.25) is 0 Å². The second-order valence-electron chi connectivity index (χ2n) is 5.65. The van der Waals surface area contributed by atoms with Crippen molar-refractivity contribution in [2.45, 2.75) is 27.7 Å². The van der Waals surface area contributed by atoms with E-state index in [9.17, 15) is 9.59 Å². The average Bonchev–Trinajstić information content (AvgIpc) is 3.15. The van der Waals surface area contributed by atoms with Gasteiger partial charge in [-0.1, -0.05) is 11.3 Å². The summed E-state index contributed by atoms with van der Waals surface area (Å²) in [4.78, 5) is 33.8. The van der Waals surface area contributed by atoms with E-state index in [0.29, 0.717) is 45.1 Å². The maximum absolute atomic E-state index is 12.8. The normalized spacial score (nSPS) is 10.8. The van der Waals surface area contributed by atoms with Crippen molar-refractivity contribution in [3.8, 4) is 5.75 Å². The van der Waals surface area contributed by atoms with Crippen molar-refractivity contribution in [3.05, 3.63) is 40.3 Å². The number of aromatic nitrogens is 3. The predicted octanol–water partition coefficient (Wildman–Crippen LogP) is 3.24. The Morgan fingerprint density at radius 1 is 1.19 bits per heavy atom. The molecular formula is C18H20N4O4S. The summed E-state index contributed by atoms with van der Waals surface area (Å²) in [5.41, 5.74) is 2.04. The van der Waals surface area contributed by atoms with E-state index >= 15 is 0 Å². The second-order valence-corrected chi connectivity index (χ2v) is 6.65. The number of carbonyl (C=O) groups is 2. The number of amides is 1. The number of imidazole rings is 1. The number of ether oxygens (including phenoxy) is 2. The van der Waals surface area contributed by atoms with Gasteiger partial charge in [0.1, 0.15) is 10.6 Å². The average molecular weight is 388 g/mol. The molecule has 0 spiro atoms. The molecule has 8 nitrogen and oxygen atoms in total. The number of aryl methyl sites for hydroxylation is 2. The van der Waals surface area contributed by atoms with E-state index in [1.807, 2.05) is 13.0 Å². The number of nitrogens with one attached hydrogen (secondary N) is 1. The van der Waals surface area contributed by atoms with Gasteiger partial charge in [0.25, 0.3) is 5.91 Å². The van der Waals surface area contributed by atoms with E-state index < -0.39 is 5.97 Å². The molecule has 0 unspecified atom stereocenters. The minimum atomic E-state index is -0.444. The Morgan fingerprint density at radius 3 is 2.67 bits per heavy atom. The highest BCUT2D eigenvalue weighted by Crippen LogP contribution is 2.26. The van der Waals surface area contributed by atoms with E-state index in [1.165, 1.54) is 0 Å². The molecule has 0 aromatic carbocycles. The van der Waals surface area contributed by atoms with Crippen molar-refractivity contribution in [1.82, 2.24) is 14.4 Å². The highest BCUT2D eigenvalue weighted by atomic mass is 32.1. The number of hydrogen-bond acceptors (Lipinski definition) is 7. The van der Waals surface area contributed by atoms with Crippen LogP contribution in [0.4, 0.5) is 5.13 Å². The lowest BCUT2D eigenvalue weighted by Gasteiger charge is -2.06. The van der Waals surface area contributed by atoms with Crippen LogP contribution >= 0.6 is 11.3 Å². The van der Waals surface area contributed by atoms with Crippen LogP contribution in [-0.2, 0) is 4.74 Å². The zero-order valence-electron chi connectivity index (χ0n) is 15.5. The summed E-state index contributed by atoms with van der Waals surface area (Å²) in [5, 5.41) is 3.08. The van der Waals surface area contributed by atoms with Gasteiger partial charge in [0.15, 0.2) is 16.5 Å². The summed E-state index contributed by atoms with van der Waals surface area (Å²) in [6.07, 6.45) is 1.75. The lowest BCUT2D eigenvalue weighted by molar-refractivity contribution is 0.0531. The van der Waals surface area contributed by atoms with Gasteiger partial charge < -0.3 is 9.47 Å². The van der Waals surface area contributed by atoms with Crippen molar-refractivity contribution in [2.75, 3.05) is 18.5 Å². The Kier molecular flexibility index (Phi) is 5.41. The maximum Gasteiger partial charge on any atom is 0.350 e. The summed E-state index contributed by atoms with van der Waals surface area (Å²) >= 11 is 1.08. The van der Waals surface area contributed by atoms with Crippen LogP contribution in [0, 0.1) is 13.8 Å². The first kappa shape index (κ1) is 18.8. The highest BCUT2D eigenvalue weighted by molar-refractivity contribution is 7.17. The zero-order chi connectivity index (χ0) is 19.6. The number of fused-ring (bicyclic) bond motifs is 1. The molecule has 0 fully saturated rings. The monoisotopic (exact) mass is 388 g/mol. The van der Waals surface area contributed by atoms with Gasteiger partial charge in [-0.15, -0.1) is 0 Å². The summed E-state index contributed by atoms with van der Waals surface area (Å²) in [6.45, 7) is 7.87. The van der Waals surface area contributed by atoms with Gasteiger partial charge in [0, 0.05) is 6.20 Å². The largest absolute Gasteiger partial charge is 0.490 e. The molecule has 0 aliphatic rings. The van der Waals surface area contributed by atoms with Gasteiger partial charge >= 0.3 is 5.97 Å². The molecule has 9 heteroatoms. The standard InChI is InChI=1S/C18H20N4O4S/c1-5-25-12-8-7-9-22-13(10(3)19-15(12)22)16(23)21-18-20-11(4)14(27-18)17(24)26-6-2/h7-9H,5-6H2,1-4H3,(H,20,21,23). The van der Waals surface area contributed by atoms with Crippen molar-refractivity contribution in [2.24, 2.45) is 0 Å². The lowest BCUT2D eigenvalue weighted by atomic mass is 10.3. The first-order valence-corrected chi connectivity index (χ1v) is 9.34. The molecule has 0 radical (unpaired) electrons. The summed E-state index contributed by atoms with van der Waals surface area (Å²) in [7, 11) is 0. The smallest absolute Gasteiger partial charge is 0.350 e. The molecule has 1 amide bonds. The number of esters is 1. The zero-order valence-corrected chi connectivity index (χ0v) is 16.3. The van der Waals surface area contributed by atoms with Gasteiger partial charge in [-0.05, 0) is 39.8 Å². The number of rotatable bonds is 6. The minimum Gasteiger partial charge on any atom is -0.490 e. The van der Waals surface area contributed by atoms with Crippen molar-refractivity contribution in [1.29, 1.82) is 0 Å². The Balaban J connectivity index is 1.91. The van der Waals surface area contributed by atoms with E-state index in [0.717, 1.165) is 11.3 Å². The van der Waals surface area contributed by atoms with Crippen LogP contribution in [0.15, 0.2) is 18.3 Å². The maximum atomic E-state index is 12.8. The van der Waals surface area contributed by atoms with E-state index in [1.54, 1.807) is 37.4 Å². The van der Waals surface area contributed by atoms with Crippen LogP contribution in [0.25, 0.3) is 5.65 Å². The fourth-order valence-electron chi connectivity index (χ4n) is 2.69. The van der Waals surface area contributed by atoms with Crippen LogP contribution in [0.5, 0.6) is 5.75 Å². The van der Waals surface area contributed by atoms with Crippen LogP contribution < -0.4 is 10.1 Å². The molecule has 3 aromatic heterocycles. The van der Waals surface area contributed by atoms with E-state index in [2.05, 4.69) is 15.3 Å². The lowest BCUT2D eigenvalue weighted by Crippen LogP contribution is -2.15. The quantitative estimate of drug-likeness (QED) is 0.652. The molecule has 27 heavy (non-hydrogen) atoms. The molecule has 142 valence electrons. The van der Waals surface area contributed by atoms with Gasteiger partial charge in [0.2, 0.25) is 0 Å². The Bertz CT molecular complexity index is 1010. The number of pyridine rings is 1. The molecule has 1 N–H and O–H groups in total. The van der Waals surface area contributed by atoms with Gasteiger partial charge in [-0.2, -0.15) is 0 Å². The number of thiazole rings is 1. The second kappa shape index (κ2) is 7.75. The Morgan fingerprint density at radius 2 is 1.96 bits per heavy atom. The third-order valence-corrected chi connectivity index (χ3v) is 4.83. The first-order chi connectivity index (χ1) is 13.0. The van der Waals surface area contributed by atoms with E-state index in [4.69, 9.17) is 9.47 Å². The number of nitrogens with zero attached hydrogens (tertiary/aromatic N) is 3. The Labute approximate surface area is 160 Å². The SMILES string of the molecule is CCOC(=O)c1sc(NC(=O)c2c(C)nc3c(OCC)cccn23)nc1C. The van der Waals surface area contributed by atoms with Crippen LogP contribution in [0.1, 0.15) is 45.4 Å². The Hall–Kier alpha value is -2.94. The molecule has 0 atom stereocenters. The summed E-state index contributed by atoms with van der Waals surface area (Å²) < 4.78 is 12.3. The topological polar surface area (TPSA) is 94.8 Å². The molecule has 0 bridgehead atoms. The highest BCUT2D eigenvalue weighted by Gasteiger charge is 2.22. The number of hydrogen-bond donors (Lipinski definition) is 1. The fourth-order valence-corrected chi connectivity index (χ4v) is 3.55. The number of carbonyl (C=O) groups excluding carboxylic acids is 2. The predicted molar refractivity (Wildman–Crippen MR) is 102 cm³/mol. The fraction of sp³-hybridized carbons (Fsp3) is 0.333. The van der Waals surface area contributed by atoms with Crippen LogP contribution in [-0.4, -0.2) is 39.5 Å². The molecule has 0 aliphatic carbocycles. The van der Waals surface area contributed by atoms with Crippen molar-refractivity contribution < 1.29 is 19.1 Å². The summed E-state index contributed by atoms with van der Waals surface area (Å²) in [6, 6.07) is 3.60. The van der Waals surface area contributed by atoms with E-state index in [-0.39, 0.29) is 12.5 Å². The van der Waals surface area contributed by atoms with Crippen molar-refractivity contribution >= 4 is 34.0 Å². The molecule has 3 rings (SSSR count). The molecule has 3 aromatic rings. The molecule has 3 heterocycles. The van der Waals surface area contributed by atoms with Gasteiger partial charge in [-0.3, -0.25) is 14.5 Å². The molecule has 0 aliphatic heterocycles. The third-order valence-electron chi connectivity index (χ3n) is 3.78. The summed E-state index contributed by atoms with van der Waals surface area (Å²) in [5.74, 6) is -0.199. The number of anilines is 1. The van der Waals surface area contributed by atoms with Crippen molar-refractivity contribution in [3.63, 3.8) is 0 Å².